The number of hydrogen-bond acceptors (Lipinski definition) is 2. The molecule has 0 bridgehead atoms. The van der Waals surface area contributed by atoms with E-state index in [4.69, 9.17) is 15.9 Å². The number of ether oxygens (including phenoxy) is 2. The summed E-state index contributed by atoms with van der Waals surface area (Å²) in [7, 11) is 0. The Labute approximate surface area is 61.5 Å². The third-order valence-corrected chi connectivity index (χ3v) is 1.39. The highest BCUT2D eigenvalue weighted by Crippen LogP contribution is 2.22. The topological polar surface area (TPSA) is 18.5 Å². The van der Waals surface area contributed by atoms with E-state index in [9.17, 15) is 0 Å². The van der Waals surface area contributed by atoms with Gasteiger partial charge in [-0.25, -0.2) is 0 Å². The van der Waals surface area contributed by atoms with Gasteiger partial charge < -0.3 is 9.47 Å². The first-order valence-corrected chi connectivity index (χ1v) is 3.33. The van der Waals surface area contributed by atoms with Gasteiger partial charge in [0.1, 0.15) is 0 Å². The van der Waals surface area contributed by atoms with E-state index in [1.165, 1.54) is 0 Å². The second-order valence-electron chi connectivity index (χ2n) is 3.28. The van der Waals surface area contributed by atoms with Crippen LogP contribution < -0.4 is 0 Å². The van der Waals surface area contributed by atoms with Crippen LogP contribution in [-0.2, 0) is 9.47 Å². The number of terminal acetylenes is 1. The molecule has 0 N–H and O–H groups in total. The van der Waals surface area contributed by atoms with Crippen LogP contribution in [0.15, 0.2) is 0 Å². The van der Waals surface area contributed by atoms with Crippen molar-refractivity contribution in [3.05, 3.63) is 0 Å². The summed E-state index contributed by atoms with van der Waals surface area (Å²) in [5.41, 5.74) is 0.118. The lowest BCUT2D eigenvalue weighted by molar-refractivity contribution is -0.192. The maximum atomic E-state index is 5.18. The van der Waals surface area contributed by atoms with Gasteiger partial charge in [-0.05, 0) is 5.92 Å². The molecule has 2 heteroatoms. The van der Waals surface area contributed by atoms with Crippen LogP contribution in [-0.4, -0.2) is 19.5 Å². The van der Waals surface area contributed by atoms with E-state index < -0.39 is 6.29 Å². The Bertz CT molecular complexity index is 145. The molecule has 1 heterocycles. The molecule has 1 aliphatic heterocycles. The van der Waals surface area contributed by atoms with Crippen LogP contribution in [0.1, 0.15) is 13.8 Å². The first-order chi connectivity index (χ1) is 4.64. The van der Waals surface area contributed by atoms with Crippen molar-refractivity contribution < 1.29 is 9.47 Å². The fraction of sp³-hybridized carbons (Fsp3) is 0.750. The Morgan fingerprint density at radius 3 is 2.30 bits per heavy atom. The van der Waals surface area contributed by atoms with E-state index >= 15 is 0 Å². The van der Waals surface area contributed by atoms with E-state index in [1.807, 2.05) is 0 Å². The first-order valence-electron chi connectivity index (χ1n) is 3.33. The molecule has 56 valence electrons. The minimum absolute atomic E-state index is 0.118. The molecule has 0 saturated carbocycles. The summed E-state index contributed by atoms with van der Waals surface area (Å²) in [6, 6.07) is 0. The van der Waals surface area contributed by atoms with Crippen LogP contribution in [0.4, 0.5) is 0 Å². The summed E-state index contributed by atoms with van der Waals surface area (Å²) in [4.78, 5) is 0. The fourth-order valence-electron chi connectivity index (χ4n) is 0.789. The second-order valence-corrected chi connectivity index (χ2v) is 3.28. The molecule has 2 nitrogen and oxygen atoms in total. The van der Waals surface area contributed by atoms with Crippen LogP contribution >= 0.6 is 0 Å². The molecule has 1 aliphatic rings. The van der Waals surface area contributed by atoms with Crippen molar-refractivity contribution in [3.63, 3.8) is 0 Å². The average molecular weight is 140 g/mol. The van der Waals surface area contributed by atoms with Crippen molar-refractivity contribution in [2.75, 3.05) is 13.2 Å². The standard InChI is InChI=1S/C8H12O2/c1-4-7-9-5-8(2,3)6-10-7/h1,7H,5-6H2,2-3H3. The van der Waals surface area contributed by atoms with Gasteiger partial charge in [0.05, 0.1) is 13.2 Å². The highest BCUT2D eigenvalue weighted by atomic mass is 16.7. The molecule has 1 saturated heterocycles. The van der Waals surface area contributed by atoms with E-state index in [0.717, 1.165) is 0 Å². The molecule has 1 rings (SSSR count). The van der Waals surface area contributed by atoms with Gasteiger partial charge in [-0.1, -0.05) is 13.8 Å². The fourth-order valence-corrected chi connectivity index (χ4v) is 0.789. The van der Waals surface area contributed by atoms with Gasteiger partial charge >= 0.3 is 0 Å². The van der Waals surface area contributed by atoms with Crippen molar-refractivity contribution in [1.29, 1.82) is 0 Å². The molecule has 0 aliphatic carbocycles. The van der Waals surface area contributed by atoms with Crippen LogP contribution in [0.5, 0.6) is 0 Å². The Balaban J connectivity index is 2.40. The van der Waals surface area contributed by atoms with Crippen LogP contribution in [0.3, 0.4) is 0 Å². The van der Waals surface area contributed by atoms with Crippen LogP contribution in [0, 0.1) is 17.8 Å². The van der Waals surface area contributed by atoms with Crippen molar-refractivity contribution in [3.8, 4) is 12.3 Å². The van der Waals surface area contributed by atoms with Gasteiger partial charge in [-0.2, -0.15) is 0 Å². The third-order valence-electron chi connectivity index (χ3n) is 1.39. The molecule has 0 radical (unpaired) electrons. The SMILES string of the molecule is C#CC1OCC(C)(C)CO1. The van der Waals surface area contributed by atoms with Crippen molar-refractivity contribution >= 4 is 0 Å². The van der Waals surface area contributed by atoms with Gasteiger partial charge in [0.15, 0.2) is 0 Å². The summed E-state index contributed by atoms with van der Waals surface area (Å²) >= 11 is 0. The van der Waals surface area contributed by atoms with Crippen molar-refractivity contribution in [2.24, 2.45) is 5.41 Å². The van der Waals surface area contributed by atoms with Crippen molar-refractivity contribution in [1.82, 2.24) is 0 Å². The maximum Gasteiger partial charge on any atom is 0.222 e. The zero-order chi connectivity index (χ0) is 7.61. The molecule has 1 fully saturated rings. The largest absolute Gasteiger partial charge is 0.341 e. The lowest BCUT2D eigenvalue weighted by Crippen LogP contribution is -2.36. The van der Waals surface area contributed by atoms with E-state index in [0.29, 0.717) is 13.2 Å². The maximum absolute atomic E-state index is 5.18. The summed E-state index contributed by atoms with van der Waals surface area (Å²) in [5.74, 6) is 2.40. The zero-order valence-electron chi connectivity index (χ0n) is 6.39. The smallest absolute Gasteiger partial charge is 0.222 e. The second kappa shape index (κ2) is 2.61. The molecule has 0 atom stereocenters. The average Bonchev–Trinajstić information content (AvgIpc) is 1.88. The first kappa shape index (κ1) is 7.59. The minimum atomic E-state index is -0.423. The van der Waals surface area contributed by atoms with Gasteiger partial charge in [-0.15, -0.1) is 6.42 Å². The van der Waals surface area contributed by atoms with Crippen molar-refractivity contribution in [2.45, 2.75) is 20.1 Å². The lowest BCUT2D eigenvalue weighted by Gasteiger charge is -2.32. The summed E-state index contributed by atoms with van der Waals surface area (Å²) in [6.45, 7) is 5.53. The van der Waals surface area contributed by atoms with Gasteiger partial charge in [0.2, 0.25) is 6.29 Å². The number of hydrogen-bond donors (Lipinski definition) is 0. The summed E-state index contributed by atoms with van der Waals surface area (Å²) in [5, 5.41) is 0. The summed E-state index contributed by atoms with van der Waals surface area (Å²) < 4.78 is 10.4. The van der Waals surface area contributed by atoms with Gasteiger partial charge in [-0.3, -0.25) is 0 Å². The molecule has 0 aromatic carbocycles. The van der Waals surface area contributed by atoms with Gasteiger partial charge in [0.25, 0.3) is 0 Å². The number of rotatable bonds is 0. The van der Waals surface area contributed by atoms with Crippen LogP contribution in [0.25, 0.3) is 0 Å². The Morgan fingerprint density at radius 1 is 1.40 bits per heavy atom. The van der Waals surface area contributed by atoms with E-state index in [-0.39, 0.29) is 5.41 Å². The van der Waals surface area contributed by atoms with Gasteiger partial charge in [0, 0.05) is 5.41 Å². The molecular formula is C8H12O2. The molecular weight excluding hydrogens is 128 g/mol. The molecule has 10 heavy (non-hydrogen) atoms. The molecule has 0 aromatic heterocycles. The highest BCUT2D eigenvalue weighted by molar-refractivity contribution is 4.91. The predicted molar refractivity (Wildman–Crippen MR) is 38.3 cm³/mol. The Hall–Kier alpha value is -0.520. The Kier molecular flexibility index (Phi) is 1.98. The Morgan fingerprint density at radius 2 is 1.90 bits per heavy atom. The third kappa shape index (κ3) is 1.73. The highest BCUT2D eigenvalue weighted by Gasteiger charge is 2.26. The van der Waals surface area contributed by atoms with E-state index in [1.54, 1.807) is 0 Å². The molecule has 0 amide bonds. The monoisotopic (exact) mass is 140 g/mol. The quantitative estimate of drug-likeness (QED) is 0.468. The normalized spacial score (nSPS) is 25.7. The van der Waals surface area contributed by atoms with Crippen LogP contribution in [0.2, 0.25) is 0 Å². The summed E-state index contributed by atoms with van der Waals surface area (Å²) in [6.07, 6.45) is 4.67. The molecule has 0 unspecified atom stereocenters. The molecule has 0 spiro atoms. The molecule has 0 aromatic rings. The van der Waals surface area contributed by atoms with E-state index in [2.05, 4.69) is 19.8 Å². The predicted octanol–water partition coefficient (Wildman–Crippen LogP) is 1.02. The minimum Gasteiger partial charge on any atom is -0.341 e. The zero-order valence-corrected chi connectivity index (χ0v) is 6.39. The lowest BCUT2D eigenvalue weighted by atomic mass is 9.96.